The lowest BCUT2D eigenvalue weighted by Crippen LogP contribution is -2.35. The van der Waals surface area contributed by atoms with Gasteiger partial charge in [-0.25, -0.2) is 5.48 Å². The van der Waals surface area contributed by atoms with Crippen molar-refractivity contribution in [2.24, 2.45) is 0 Å². The molecular weight excluding hydrogens is 206 g/mol. The molecule has 1 atom stereocenters. The van der Waals surface area contributed by atoms with E-state index >= 15 is 0 Å². The number of fused-ring (bicyclic) bond motifs is 1. The Kier molecular flexibility index (Phi) is 3.17. The molecule has 1 aromatic rings. The van der Waals surface area contributed by atoms with Crippen LogP contribution in [0.4, 0.5) is 0 Å². The van der Waals surface area contributed by atoms with E-state index in [1.54, 1.807) is 11.5 Å². The van der Waals surface area contributed by atoms with Crippen LogP contribution in [0, 0.1) is 0 Å². The highest BCUT2D eigenvalue weighted by atomic mass is 16.5. The SMILES string of the molecule is CCC1Cc2ncc(C(=O)NO)cc2CN1. The standard InChI is InChI=1S/C11H15N3O2/c1-2-9-4-10-7(5-12-9)3-8(6-13-10)11(15)14-16/h3,6,9,12,16H,2,4-5H2,1H3,(H,14,15). The van der Waals surface area contributed by atoms with Gasteiger partial charge >= 0.3 is 0 Å². The van der Waals surface area contributed by atoms with E-state index in [1.807, 2.05) is 0 Å². The topological polar surface area (TPSA) is 74.2 Å². The number of carbonyl (C=O) groups is 1. The zero-order valence-electron chi connectivity index (χ0n) is 9.16. The maximum atomic E-state index is 11.2. The normalized spacial score (nSPS) is 19.0. The lowest BCUT2D eigenvalue weighted by Gasteiger charge is -2.24. The van der Waals surface area contributed by atoms with Gasteiger partial charge in [-0.05, 0) is 18.1 Å². The van der Waals surface area contributed by atoms with Gasteiger partial charge in [0.05, 0.1) is 5.56 Å². The Morgan fingerprint density at radius 2 is 2.56 bits per heavy atom. The van der Waals surface area contributed by atoms with Gasteiger partial charge in [-0.2, -0.15) is 0 Å². The van der Waals surface area contributed by atoms with Crippen LogP contribution in [-0.2, 0) is 13.0 Å². The predicted molar refractivity (Wildman–Crippen MR) is 58.1 cm³/mol. The third-order valence-corrected chi connectivity index (χ3v) is 2.94. The van der Waals surface area contributed by atoms with Crippen LogP contribution in [0.2, 0.25) is 0 Å². The van der Waals surface area contributed by atoms with E-state index in [2.05, 4.69) is 17.2 Å². The fourth-order valence-corrected chi connectivity index (χ4v) is 1.91. The van der Waals surface area contributed by atoms with E-state index in [1.165, 1.54) is 6.20 Å². The van der Waals surface area contributed by atoms with E-state index in [0.717, 1.165) is 30.6 Å². The number of rotatable bonds is 2. The number of amides is 1. The number of aromatic nitrogens is 1. The Balaban J connectivity index is 2.24. The summed E-state index contributed by atoms with van der Waals surface area (Å²) in [6.45, 7) is 2.86. The molecule has 0 saturated carbocycles. The third-order valence-electron chi connectivity index (χ3n) is 2.94. The molecule has 2 rings (SSSR count). The van der Waals surface area contributed by atoms with Crippen molar-refractivity contribution < 1.29 is 10.0 Å². The van der Waals surface area contributed by atoms with Crippen LogP contribution in [0.15, 0.2) is 12.3 Å². The van der Waals surface area contributed by atoms with Gasteiger partial charge in [0.15, 0.2) is 0 Å². The molecular formula is C11H15N3O2. The maximum absolute atomic E-state index is 11.2. The summed E-state index contributed by atoms with van der Waals surface area (Å²) >= 11 is 0. The smallest absolute Gasteiger partial charge is 0.276 e. The number of pyridine rings is 1. The van der Waals surface area contributed by atoms with E-state index in [9.17, 15) is 4.79 Å². The Hall–Kier alpha value is -1.46. The summed E-state index contributed by atoms with van der Waals surface area (Å²) in [5, 5.41) is 11.9. The van der Waals surface area contributed by atoms with Crippen molar-refractivity contribution in [2.45, 2.75) is 32.4 Å². The molecule has 2 heterocycles. The zero-order chi connectivity index (χ0) is 11.5. The van der Waals surface area contributed by atoms with Crippen molar-refractivity contribution in [1.82, 2.24) is 15.8 Å². The number of nitrogens with zero attached hydrogens (tertiary/aromatic N) is 1. The first-order valence-corrected chi connectivity index (χ1v) is 5.40. The van der Waals surface area contributed by atoms with E-state index in [0.29, 0.717) is 11.6 Å². The molecule has 5 heteroatoms. The molecule has 16 heavy (non-hydrogen) atoms. The molecule has 0 aliphatic carbocycles. The fourth-order valence-electron chi connectivity index (χ4n) is 1.91. The molecule has 0 spiro atoms. The average Bonchev–Trinajstić information content (AvgIpc) is 2.36. The molecule has 1 unspecified atom stereocenters. The van der Waals surface area contributed by atoms with Gasteiger partial charge in [0.25, 0.3) is 5.91 Å². The van der Waals surface area contributed by atoms with Crippen LogP contribution < -0.4 is 10.8 Å². The highest BCUT2D eigenvalue weighted by Gasteiger charge is 2.18. The molecule has 5 nitrogen and oxygen atoms in total. The Labute approximate surface area is 93.8 Å². The largest absolute Gasteiger partial charge is 0.309 e. The van der Waals surface area contributed by atoms with Gasteiger partial charge in [0, 0.05) is 30.9 Å². The Bertz CT molecular complexity index is 406. The summed E-state index contributed by atoms with van der Waals surface area (Å²) < 4.78 is 0. The summed E-state index contributed by atoms with van der Waals surface area (Å²) in [6, 6.07) is 2.24. The van der Waals surface area contributed by atoms with Crippen molar-refractivity contribution in [3.63, 3.8) is 0 Å². The second-order valence-electron chi connectivity index (χ2n) is 3.96. The minimum atomic E-state index is -0.520. The average molecular weight is 221 g/mol. The van der Waals surface area contributed by atoms with Crippen LogP contribution in [0.25, 0.3) is 0 Å². The molecule has 0 saturated heterocycles. The molecule has 1 aromatic heterocycles. The molecule has 1 amide bonds. The van der Waals surface area contributed by atoms with E-state index in [-0.39, 0.29) is 0 Å². The Morgan fingerprint density at radius 3 is 3.25 bits per heavy atom. The molecule has 3 N–H and O–H groups in total. The van der Waals surface area contributed by atoms with E-state index in [4.69, 9.17) is 5.21 Å². The number of nitrogens with one attached hydrogen (secondary N) is 2. The second-order valence-corrected chi connectivity index (χ2v) is 3.96. The first-order chi connectivity index (χ1) is 7.74. The van der Waals surface area contributed by atoms with Gasteiger partial charge in [-0.1, -0.05) is 6.92 Å². The molecule has 86 valence electrons. The number of carbonyl (C=O) groups excluding carboxylic acids is 1. The lowest BCUT2D eigenvalue weighted by atomic mass is 9.98. The first-order valence-electron chi connectivity index (χ1n) is 5.40. The second kappa shape index (κ2) is 4.59. The summed E-state index contributed by atoms with van der Waals surface area (Å²) in [5.41, 5.74) is 4.07. The number of hydrogen-bond donors (Lipinski definition) is 3. The highest BCUT2D eigenvalue weighted by Crippen LogP contribution is 2.17. The molecule has 0 bridgehead atoms. The van der Waals surface area contributed by atoms with Crippen LogP contribution >= 0.6 is 0 Å². The number of hydroxylamine groups is 1. The fraction of sp³-hybridized carbons (Fsp3) is 0.455. The van der Waals surface area contributed by atoms with Gasteiger partial charge in [-0.3, -0.25) is 15.0 Å². The molecule has 1 aliphatic rings. The van der Waals surface area contributed by atoms with Crippen molar-refractivity contribution in [3.8, 4) is 0 Å². The molecule has 1 aliphatic heterocycles. The van der Waals surface area contributed by atoms with E-state index < -0.39 is 5.91 Å². The molecule has 0 fully saturated rings. The van der Waals surface area contributed by atoms with Crippen LogP contribution in [0.1, 0.15) is 35.0 Å². The maximum Gasteiger partial charge on any atom is 0.276 e. The van der Waals surface area contributed by atoms with Crippen molar-refractivity contribution in [3.05, 3.63) is 29.1 Å². The van der Waals surface area contributed by atoms with Crippen molar-refractivity contribution in [2.75, 3.05) is 0 Å². The van der Waals surface area contributed by atoms with Crippen molar-refractivity contribution >= 4 is 5.91 Å². The monoisotopic (exact) mass is 221 g/mol. The summed E-state index contributed by atoms with van der Waals surface area (Å²) in [6.07, 6.45) is 3.47. The quantitative estimate of drug-likeness (QED) is 0.505. The predicted octanol–water partition coefficient (Wildman–Crippen LogP) is 0.625. The van der Waals surface area contributed by atoms with Gasteiger partial charge in [0.2, 0.25) is 0 Å². The number of hydrogen-bond acceptors (Lipinski definition) is 4. The third kappa shape index (κ3) is 2.05. The summed E-state index contributed by atoms with van der Waals surface area (Å²) in [4.78, 5) is 15.5. The zero-order valence-corrected chi connectivity index (χ0v) is 9.16. The van der Waals surface area contributed by atoms with Crippen LogP contribution in [0.5, 0.6) is 0 Å². The lowest BCUT2D eigenvalue weighted by molar-refractivity contribution is 0.0705. The molecule has 0 aromatic carbocycles. The highest BCUT2D eigenvalue weighted by molar-refractivity contribution is 5.93. The van der Waals surface area contributed by atoms with Crippen LogP contribution in [-0.4, -0.2) is 22.1 Å². The molecule has 0 radical (unpaired) electrons. The van der Waals surface area contributed by atoms with Gasteiger partial charge in [0.1, 0.15) is 0 Å². The van der Waals surface area contributed by atoms with Gasteiger partial charge in [-0.15, -0.1) is 0 Å². The van der Waals surface area contributed by atoms with Crippen LogP contribution in [0.3, 0.4) is 0 Å². The first kappa shape index (κ1) is 11.0. The summed E-state index contributed by atoms with van der Waals surface area (Å²) in [7, 11) is 0. The minimum absolute atomic E-state index is 0.387. The summed E-state index contributed by atoms with van der Waals surface area (Å²) in [5.74, 6) is -0.520. The van der Waals surface area contributed by atoms with Crippen molar-refractivity contribution in [1.29, 1.82) is 0 Å². The minimum Gasteiger partial charge on any atom is -0.309 e. The Morgan fingerprint density at radius 1 is 1.75 bits per heavy atom. The van der Waals surface area contributed by atoms with Gasteiger partial charge < -0.3 is 5.32 Å².